The summed E-state index contributed by atoms with van der Waals surface area (Å²) >= 11 is -1.06. The Kier molecular flexibility index (Phi) is 6.17. The lowest BCUT2D eigenvalue weighted by atomic mass is 10.1. The molecule has 114 valence electrons. The maximum atomic E-state index is 12.0. The Labute approximate surface area is 125 Å². The number of methoxy groups -OCH3 is 2. The van der Waals surface area contributed by atoms with Crippen molar-refractivity contribution in [2.24, 2.45) is 0 Å². The van der Waals surface area contributed by atoms with Crippen LogP contribution in [0.3, 0.4) is 0 Å². The number of benzene rings is 1. The molecule has 1 N–H and O–H groups in total. The number of hydrogen-bond acceptors (Lipinski definition) is 4. The van der Waals surface area contributed by atoms with Gasteiger partial charge in [0.15, 0.2) is 11.5 Å². The molecule has 0 spiro atoms. The molecule has 1 aromatic rings. The van der Waals surface area contributed by atoms with Crippen LogP contribution in [0.15, 0.2) is 18.2 Å². The Morgan fingerprint density at radius 3 is 2.30 bits per heavy atom. The summed E-state index contributed by atoms with van der Waals surface area (Å²) in [5.74, 6) is 1.43. The van der Waals surface area contributed by atoms with Crippen molar-refractivity contribution < 1.29 is 14.0 Å². The van der Waals surface area contributed by atoms with Gasteiger partial charge in [0.25, 0.3) is 0 Å². The van der Waals surface area contributed by atoms with E-state index >= 15 is 0 Å². The number of nitrogens with one attached hydrogen (secondary N) is 1. The summed E-state index contributed by atoms with van der Waals surface area (Å²) in [5, 5.41) is 0. The Balaban J connectivity index is 2.69. The molecule has 0 bridgehead atoms. The number of rotatable bonds is 6. The maximum absolute atomic E-state index is 12.0. The smallest absolute Gasteiger partial charge is 0.160 e. The van der Waals surface area contributed by atoms with Crippen molar-refractivity contribution in [3.63, 3.8) is 0 Å². The molecule has 0 fully saturated rings. The third kappa shape index (κ3) is 4.89. The van der Waals surface area contributed by atoms with E-state index in [0.717, 1.165) is 17.7 Å². The van der Waals surface area contributed by atoms with Crippen molar-refractivity contribution in [1.82, 2.24) is 4.72 Å². The summed E-state index contributed by atoms with van der Waals surface area (Å²) in [6.07, 6.45) is 0.780. The molecule has 0 amide bonds. The molecule has 5 heteroatoms. The van der Waals surface area contributed by atoms with Crippen LogP contribution in [0, 0.1) is 0 Å². The topological polar surface area (TPSA) is 53.5 Å². The van der Waals surface area contributed by atoms with E-state index in [9.17, 15) is 4.55 Å². The van der Waals surface area contributed by atoms with Gasteiger partial charge in [0, 0.05) is 11.4 Å². The second-order valence-electron chi connectivity index (χ2n) is 5.79. The third-order valence-electron chi connectivity index (χ3n) is 2.85. The second kappa shape index (κ2) is 7.20. The first-order chi connectivity index (χ1) is 9.27. The van der Waals surface area contributed by atoms with E-state index in [1.54, 1.807) is 14.2 Å². The molecule has 1 rings (SSSR count). The van der Waals surface area contributed by atoms with Gasteiger partial charge >= 0.3 is 0 Å². The fourth-order valence-electron chi connectivity index (χ4n) is 1.76. The van der Waals surface area contributed by atoms with Gasteiger partial charge in [-0.2, -0.15) is 0 Å². The summed E-state index contributed by atoms with van der Waals surface area (Å²) in [4.78, 5) is 0. The molecule has 0 saturated heterocycles. The molecule has 2 atom stereocenters. The van der Waals surface area contributed by atoms with Crippen molar-refractivity contribution in [2.75, 3.05) is 14.2 Å². The maximum Gasteiger partial charge on any atom is 0.160 e. The van der Waals surface area contributed by atoms with Crippen LogP contribution in [-0.2, 0) is 17.8 Å². The van der Waals surface area contributed by atoms with E-state index in [2.05, 4.69) is 4.72 Å². The van der Waals surface area contributed by atoms with E-state index in [0.29, 0.717) is 5.75 Å². The highest BCUT2D eigenvalue weighted by molar-refractivity contribution is 7.90. The summed E-state index contributed by atoms with van der Waals surface area (Å²) < 4.78 is 25.4. The molecule has 0 aromatic heterocycles. The summed E-state index contributed by atoms with van der Waals surface area (Å²) in [6.45, 7) is 7.90. The van der Waals surface area contributed by atoms with Gasteiger partial charge in [-0.05, 0) is 51.8 Å². The second-order valence-corrected chi connectivity index (χ2v) is 7.79. The van der Waals surface area contributed by atoms with Gasteiger partial charge in [-0.1, -0.05) is 6.07 Å². The monoisotopic (exact) mass is 299 g/mol. The minimum atomic E-state index is -1.06. The van der Waals surface area contributed by atoms with E-state index in [1.165, 1.54) is 0 Å². The largest absolute Gasteiger partial charge is 0.598 e. The lowest BCUT2D eigenvalue weighted by molar-refractivity contribution is 0.354. The van der Waals surface area contributed by atoms with Gasteiger partial charge in [-0.15, -0.1) is 4.72 Å². The zero-order valence-electron chi connectivity index (χ0n) is 13.1. The van der Waals surface area contributed by atoms with Crippen molar-refractivity contribution in [2.45, 2.75) is 44.9 Å². The number of ether oxygens (including phenoxy) is 2. The van der Waals surface area contributed by atoms with Crippen LogP contribution in [0.5, 0.6) is 11.5 Å². The summed E-state index contributed by atoms with van der Waals surface area (Å²) in [7, 11) is 3.24. The Morgan fingerprint density at radius 2 is 1.80 bits per heavy atom. The fraction of sp³-hybridized carbons (Fsp3) is 0.600. The standard InChI is InChI=1S/C15H25NO3S/c1-11(16-20(17)15(2,3)4)9-12-7-8-13(18-5)14(10-12)19-6/h7-8,10-11,16H,9H2,1-6H3/t11-,20-/m0/s1. The van der Waals surface area contributed by atoms with Crippen LogP contribution in [0.2, 0.25) is 0 Å². The molecule has 0 saturated carbocycles. The Bertz CT molecular complexity index is 432. The van der Waals surface area contributed by atoms with Gasteiger partial charge < -0.3 is 14.0 Å². The highest BCUT2D eigenvalue weighted by Gasteiger charge is 2.27. The van der Waals surface area contributed by atoms with E-state index < -0.39 is 11.4 Å². The predicted octanol–water partition coefficient (Wildman–Crippen LogP) is 2.69. The average Bonchev–Trinajstić information content (AvgIpc) is 2.37. The minimum absolute atomic E-state index is 0.119. The van der Waals surface area contributed by atoms with E-state index in [1.807, 2.05) is 45.9 Å². The molecule has 0 aliphatic carbocycles. The van der Waals surface area contributed by atoms with E-state index in [-0.39, 0.29) is 10.8 Å². The van der Waals surface area contributed by atoms with Gasteiger partial charge in [0.05, 0.1) is 20.3 Å². The third-order valence-corrected chi connectivity index (χ3v) is 4.58. The first kappa shape index (κ1) is 17.1. The van der Waals surface area contributed by atoms with Crippen LogP contribution >= 0.6 is 0 Å². The molecule has 0 unspecified atom stereocenters. The van der Waals surface area contributed by atoms with Crippen LogP contribution in [0.4, 0.5) is 0 Å². The molecular formula is C15H25NO3S. The van der Waals surface area contributed by atoms with Crippen LogP contribution in [0.25, 0.3) is 0 Å². The molecule has 0 radical (unpaired) electrons. The number of hydrogen-bond donors (Lipinski definition) is 1. The summed E-state index contributed by atoms with van der Waals surface area (Å²) in [6, 6.07) is 5.96. The molecule has 1 aromatic carbocycles. The first-order valence-corrected chi connectivity index (χ1v) is 7.82. The molecule has 0 aliphatic heterocycles. The predicted molar refractivity (Wildman–Crippen MR) is 83.7 cm³/mol. The highest BCUT2D eigenvalue weighted by Crippen LogP contribution is 2.28. The molecule has 4 nitrogen and oxygen atoms in total. The molecule has 20 heavy (non-hydrogen) atoms. The zero-order chi connectivity index (χ0) is 15.3. The van der Waals surface area contributed by atoms with Gasteiger partial charge in [-0.25, -0.2) is 0 Å². The minimum Gasteiger partial charge on any atom is -0.598 e. The molecular weight excluding hydrogens is 274 g/mol. The van der Waals surface area contributed by atoms with Crippen LogP contribution < -0.4 is 14.2 Å². The highest BCUT2D eigenvalue weighted by atomic mass is 32.2. The molecule has 0 heterocycles. The molecule has 0 aliphatic rings. The SMILES string of the molecule is COc1ccc(C[C@H](C)N[S@@+]([O-])C(C)(C)C)cc1OC. The van der Waals surface area contributed by atoms with Gasteiger partial charge in [0.1, 0.15) is 4.75 Å². The van der Waals surface area contributed by atoms with Crippen molar-refractivity contribution in [1.29, 1.82) is 0 Å². The van der Waals surface area contributed by atoms with Crippen LogP contribution in [-0.4, -0.2) is 29.6 Å². The Hall–Kier alpha value is -0.910. The lowest BCUT2D eigenvalue weighted by Crippen LogP contribution is -2.44. The van der Waals surface area contributed by atoms with E-state index in [4.69, 9.17) is 9.47 Å². The normalized spacial score (nSPS) is 14.8. The summed E-state index contributed by atoms with van der Waals surface area (Å²) in [5.41, 5.74) is 1.12. The average molecular weight is 299 g/mol. The van der Waals surface area contributed by atoms with Gasteiger partial charge in [0.2, 0.25) is 0 Å². The lowest BCUT2D eigenvalue weighted by Gasteiger charge is -2.26. The zero-order valence-corrected chi connectivity index (χ0v) is 14.0. The fourth-order valence-corrected chi connectivity index (χ4v) is 2.56. The van der Waals surface area contributed by atoms with Crippen molar-refractivity contribution >= 4 is 11.4 Å². The van der Waals surface area contributed by atoms with Crippen molar-refractivity contribution in [3.05, 3.63) is 23.8 Å². The first-order valence-electron chi connectivity index (χ1n) is 6.67. The Morgan fingerprint density at radius 1 is 1.20 bits per heavy atom. The van der Waals surface area contributed by atoms with Gasteiger partial charge in [-0.3, -0.25) is 0 Å². The van der Waals surface area contributed by atoms with Crippen molar-refractivity contribution in [3.8, 4) is 11.5 Å². The quantitative estimate of drug-likeness (QED) is 0.821. The van der Waals surface area contributed by atoms with Crippen LogP contribution in [0.1, 0.15) is 33.3 Å².